The van der Waals surface area contributed by atoms with Gasteiger partial charge in [-0.25, -0.2) is 4.99 Å². The van der Waals surface area contributed by atoms with Crippen molar-refractivity contribution in [2.75, 3.05) is 19.6 Å². The third-order valence-electron chi connectivity index (χ3n) is 6.51. The van der Waals surface area contributed by atoms with E-state index >= 15 is 0 Å². The minimum atomic E-state index is 0.241. The first-order valence-electron chi connectivity index (χ1n) is 11.9. The Bertz CT molecular complexity index is 692. The van der Waals surface area contributed by atoms with Crippen molar-refractivity contribution in [1.29, 1.82) is 0 Å². The standard InChI is InChI=1S/C23H39N5O2/c1-4-17(5-2)21-14-20(30-27-21)15-25-23(24-6-3)26-19-12-13-28(16-19)22(29)18-10-8-7-9-11-18/h14,17-19H,4-13,15-16H2,1-3H3,(H2,24,25,26). The van der Waals surface area contributed by atoms with Crippen LogP contribution in [0.2, 0.25) is 0 Å². The highest BCUT2D eigenvalue weighted by atomic mass is 16.5. The number of likely N-dealkylation sites (tertiary alicyclic amines) is 1. The van der Waals surface area contributed by atoms with E-state index < -0.39 is 0 Å². The van der Waals surface area contributed by atoms with E-state index in [1.807, 2.05) is 6.07 Å². The van der Waals surface area contributed by atoms with Crippen LogP contribution in [0.3, 0.4) is 0 Å². The zero-order valence-corrected chi connectivity index (χ0v) is 19.0. The lowest BCUT2D eigenvalue weighted by atomic mass is 9.88. The Morgan fingerprint density at radius 2 is 2.00 bits per heavy atom. The summed E-state index contributed by atoms with van der Waals surface area (Å²) < 4.78 is 5.50. The van der Waals surface area contributed by atoms with E-state index in [1.54, 1.807) is 0 Å². The summed E-state index contributed by atoms with van der Waals surface area (Å²) >= 11 is 0. The maximum absolute atomic E-state index is 12.8. The molecule has 168 valence electrons. The molecule has 7 nitrogen and oxygen atoms in total. The quantitative estimate of drug-likeness (QED) is 0.496. The van der Waals surface area contributed by atoms with Gasteiger partial charge < -0.3 is 20.1 Å². The van der Waals surface area contributed by atoms with Crippen molar-refractivity contribution >= 4 is 11.9 Å². The number of guanidine groups is 1. The first-order chi connectivity index (χ1) is 14.6. The van der Waals surface area contributed by atoms with Gasteiger partial charge in [0.25, 0.3) is 0 Å². The largest absolute Gasteiger partial charge is 0.359 e. The predicted octanol–water partition coefficient (Wildman–Crippen LogP) is 3.81. The molecule has 0 aromatic carbocycles. The fourth-order valence-electron chi connectivity index (χ4n) is 4.66. The van der Waals surface area contributed by atoms with Crippen molar-refractivity contribution in [3.05, 3.63) is 17.5 Å². The maximum Gasteiger partial charge on any atom is 0.225 e. The average molecular weight is 418 g/mol. The SMILES string of the molecule is CCNC(=NCc1cc(C(CC)CC)no1)NC1CCN(C(=O)C2CCCCC2)C1. The number of aromatic nitrogens is 1. The van der Waals surface area contributed by atoms with Crippen molar-refractivity contribution in [3.8, 4) is 0 Å². The third kappa shape index (κ3) is 5.99. The lowest BCUT2D eigenvalue weighted by Gasteiger charge is -2.26. The first-order valence-corrected chi connectivity index (χ1v) is 11.9. The van der Waals surface area contributed by atoms with Gasteiger partial charge in [0.1, 0.15) is 6.54 Å². The minimum absolute atomic E-state index is 0.241. The summed E-state index contributed by atoms with van der Waals surface area (Å²) in [5.74, 6) is 2.61. The molecule has 1 saturated heterocycles. The smallest absolute Gasteiger partial charge is 0.225 e. The summed E-state index contributed by atoms with van der Waals surface area (Å²) in [5, 5.41) is 11.1. The lowest BCUT2D eigenvalue weighted by Crippen LogP contribution is -2.45. The average Bonchev–Trinajstić information content (AvgIpc) is 3.43. The van der Waals surface area contributed by atoms with E-state index in [2.05, 4.69) is 46.5 Å². The molecule has 1 amide bonds. The molecule has 2 heterocycles. The van der Waals surface area contributed by atoms with Crippen molar-refractivity contribution < 1.29 is 9.32 Å². The first kappa shape index (κ1) is 22.6. The molecule has 1 aliphatic heterocycles. The van der Waals surface area contributed by atoms with Gasteiger partial charge in [-0.1, -0.05) is 38.3 Å². The summed E-state index contributed by atoms with van der Waals surface area (Å²) in [5.41, 5.74) is 1.02. The van der Waals surface area contributed by atoms with Crippen molar-refractivity contribution in [2.24, 2.45) is 10.9 Å². The Labute approximate surface area is 181 Å². The number of rotatable bonds is 8. The Morgan fingerprint density at radius 3 is 2.70 bits per heavy atom. The Hall–Kier alpha value is -2.05. The van der Waals surface area contributed by atoms with Gasteiger partial charge in [0.05, 0.1) is 5.69 Å². The summed E-state index contributed by atoms with van der Waals surface area (Å²) in [6.45, 7) is 9.27. The number of carbonyl (C=O) groups is 1. The molecule has 3 rings (SSSR count). The maximum atomic E-state index is 12.8. The lowest BCUT2D eigenvalue weighted by molar-refractivity contribution is -0.135. The molecule has 1 aromatic rings. The van der Waals surface area contributed by atoms with Gasteiger partial charge in [0.15, 0.2) is 11.7 Å². The van der Waals surface area contributed by atoms with Crippen molar-refractivity contribution in [1.82, 2.24) is 20.7 Å². The van der Waals surface area contributed by atoms with Crippen LogP contribution in [-0.2, 0) is 11.3 Å². The van der Waals surface area contributed by atoms with Crippen molar-refractivity contribution in [2.45, 2.75) is 90.6 Å². The second kappa shape index (κ2) is 11.4. The van der Waals surface area contributed by atoms with Crippen molar-refractivity contribution in [3.63, 3.8) is 0 Å². The molecule has 1 aromatic heterocycles. The molecule has 2 fully saturated rings. The van der Waals surface area contributed by atoms with Crippen LogP contribution in [0.25, 0.3) is 0 Å². The number of hydrogen-bond donors (Lipinski definition) is 2. The molecule has 1 unspecified atom stereocenters. The van der Waals surface area contributed by atoms with E-state index in [4.69, 9.17) is 4.52 Å². The van der Waals surface area contributed by atoms with Gasteiger partial charge in [-0.2, -0.15) is 0 Å². The van der Waals surface area contributed by atoms with Crippen LogP contribution in [0, 0.1) is 5.92 Å². The second-order valence-corrected chi connectivity index (χ2v) is 8.68. The van der Waals surface area contributed by atoms with Gasteiger partial charge >= 0.3 is 0 Å². The summed E-state index contributed by atoms with van der Waals surface area (Å²) in [6, 6.07) is 2.27. The molecular weight excluding hydrogens is 378 g/mol. The Balaban J connectivity index is 1.53. The number of amides is 1. The van der Waals surface area contributed by atoms with Gasteiger partial charge in [0, 0.05) is 43.6 Å². The van der Waals surface area contributed by atoms with E-state index in [0.717, 1.165) is 69.2 Å². The highest BCUT2D eigenvalue weighted by molar-refractivity contribution is 5.81. The van der Waals surface area contributed by atoms with Crippen LogP contribution in [0.4, 0.5) is 0 Å². The van der Waals surface area contributed by atoms with E-state index in [0.29, 0.717) is 18.4 Å². The molecule has 0 spiro atoms. The van der Waals surface area contributed by atoms with Gasteiger partial charge in [-0.3, -0.25) is 4.79 Å². The minimum Gasteiger partial charge on any atom is -0.359 e. The summed E-state index contributed by atoms with van der Waals surface area (Å²) in [6.07, 6.45) is 8.89. The summed E-state index contributed by atoms with van der Waals surface area (Å²) in [4.78, 5) is 19.5. The molecule has 1 atom stereocenters. The number of hydrogen-bond acceptors (Lipinski definition) is 4. The zero-order valence-electron chi connectivity index (χ0n) is 19.0. The van der Waals surface area contributed by atoms with E-state index in [1.165, 1.54) is 19.3 Å². The molecule has 1 saturated carbocycles. The molecular formula is C23H39N5O2. The van der Waals surface area contributed by atoms with Crippen LogP contribution in [-0.4, -0.2) is 47.6 Å². The highest BCUT2D eigenvalue weighted by Crippen LogP contribution is 2.27. The molecule has 2 N–H and O–H groups in total. The van der Waals surface area contributed by atoms with Crippen LogP contribution in [0.5, 0.6) is 0 Å². The predicted molar refractivity (Wildman–Crippen MR) is 119 cm³/mol. The van der Waals surface area contributed by atoms with E-state index in [-0.39, 0.29) is 12.0 Å². The highest BCUT2D eigenvalue weighted by Gasteiger charge is 2.31. The van der Waals surface area contributed by atoms with Gasteiger partial charge in [0.2, 0.25) is 5.91 Å². The molecule has 7 heteroatoms. The number of carbonyl (C=O) groups excluding carboxylic acids is 1. The van der Waals surface area contributed by atoms with Crippen LogP contribution in [0.1, 0.15) is 89.5 Å². The number of nitrogens with zero attached hydrogens (tertiary/aromatic N) is 3. The third-order valence-corrected chi connectivity index (χ3v) is 6.51. The fourth-order valence-corrected chi connectivity index (χ4v) is 4.66. The monoisotopic (exact) mass is 417 g/mol. The second-order valence-electron chi connectivity index (χ2n) is 8.68. The molecule has 2 aliphatic rings. The fraction of sp³-hybridized carbons (Fsp3) is 0.783. The van der Waals surface area contributed by atoms with Gasteiger partial charge in [-0.15, -0.1) is 0 Å². The number of aliphatic imine (C=N–C) groups is 1. The number of nitrogens with one attached hydrogen (secondary N) is 2. The zero-order chi connectivity index (χ0) is 21.3. The Kier molecular flexibility index (Phi) is 8.58. The Morgan fingerprint density at radius 1 is 1.23 bits per heavy atom. The normalized spacial score (nSPS) is 20.7. The van der Waals surface area contributed by atoms with Crippen LogP contribution >= 0.6 is 0 Å². The molecule has 30 heavy (non-hydrogen) atoms. The van der Waals surface area contributed by atoms with Crippen LogP contribution < -0.4 is 10.6 Å². The topological polar surface area (TPSA) is 82.8 Å². The molecule has 0 radical (unpaired) electrons. The van der Waals surface area contributed by atoms with E-state index in [9.17, 15) is 4.79 Å². The molecule has 0 bridgehead atoms. The summed E-state index contributed by atoms with van der Waals surface area (Å²) in [7, 11) is 0. The molecule has 1 aliphatic carbocycles. The van der Waals surface area contributed by atoms with Crippen LogP contribution in [0.15, 0.2) is 15.6 Å². The van der Waals surface area contributed by atoms with Gasteiger partial charge in [-0.05, 0) is 39.0 Å².